The van der Waals surface area contributed by atoms with Crippen molar-refractivity contribution >= 4 is 11.6 Å². The maximum Gasteiger partial charge on any atom is 0.231 e. The number of hydrogen-bond donors (Lipinski definition) is 17. The van der Waals surface area contributed by atoms with Gasteiger partial charge in [0.15, 0.2) is 71.2 Å². The molecule has 8 heterocycles. The Balaban J connectivity index is 0.000000125. The Kier molecular flexibility index (Phi) is 32.5. The largest absolute Gasteiger partial charge is 0.508 e. The van der Waals surface area contributed by atoms with Crippen molar-refractivity contribution in [2.45, 2.75) is 182 Å². The highest BCUT2D eigenvalue weighted by Gasteiger charge is 2.50. The summed E-state index contributed by atoms with van der Waals surface area (Å²) in [5.74, 6) is 4.34. The number of aryl methyl sites for hydroxylation is 2. The van der Waals surface area contributed by atoms with Gasteiger partial charge in [0, 0.05) is 55.1 Å². The second-order valence-corrected chi connectivity index (χ2v) is 39.3. The van der Waals surface area contributed by atoms with Crippen LogP contribution in [-0.2, 0) is 63.6 Å². The number of aliphatic hydroxyl groups excluding tert-OH is 16. The Morgan fingerprint density at radius 3 is 0.986 bits per heavy atom. The summed E-state index contributed by atoms with van der Waals surface area (Å²) in [6.07, 6.45) is -17.5. The zero-order valence-electron chi connectivity index (χ0n) is 78.9. The van der Waals surface area contributed by atoms with Gasteiger partial charge in [-0.3, -0.25) is 0 Å². The van der Waals surface area contributed by atoms with E-state index in [-0.39, 0.29) is 189 Å². The van der Waals surface area contributed by atoms with E-state index in [2.05, 4.69) is 48.5 Å². The van der Waals surface area contributed by atoms with Crippen LogP contribution in [0.4, 0.5) is 0 Å². The number of aromatic hydroxyl groups is 1. The standard InChI is InChI=1S/C30H32O8.C27H34O9.C25H29ClO8.C25H30O9/c31-13-21-10-19-7-6-18(17-4-2-1-3-5-17)11-22(19)27(20-8-9-25-26(12-20)38-16-37-25)23(21)14-35-30-29(34)28(33)24(32)15-36-30;1-14(2)36-18-5-3-15-7-17(10-28)20(11-32-27-26(31)25(30)21(29)12-33-27)24(19(15)9-18)16-4-6-22-23(8-16)35-13-34-22;1-12-4-14-5-15(8-27)17(9-31-25-24(30)23(29)19(28)10-32-25)22(16(14)7-18(12)26)13-2-3-20-21(6-13)34-11-33-20;1-12-4-16-14(6-18(12)27)5-15(8-26)17(9-31-25-24(30)23(29)19(28)10-32-25)22(16)13-2-3-20-21(7-13)34-11-33-20/h1-9,11-12,21,23-24,27-34H,10,13-16H2;3-6,8-9,14,17,20-21,24-31H,7,10-13H2,1-2H3;2-4,6-7,15,17,19,22-25,27-30H,5,8-11H2,1H3;2-4,6-7,15,17,19,22-30H,5,8-11H2,1H3/t21-,23-,24-,27?,28+,29-,30-;17-,20-,21-,24?,25+,26-,27-;2*15-,17-,19-,22?,23+,24-,25-/m1111/s1. The zero-order valence-corrected chi connectivity index (χ0v) is 79.7. The average molecular weight is 1990 g/mol. The van der Waals surface area contributed by atoms with Gasteiger partial charge < -0.3 is 167 Å². The number of rotatable bonds is 23. The van der Waals surface area contributed by atoms with Crippen LogP contribution in [0, 0.1) is 61.2 Å². The first-order chi connectivity index (χ1) is 68.6. The number of ether oxygens (including phenoxy) is 17. The van der Waals surface area contributed by atoms with E-state index in [4.69, 9.17) is 92.1 Å². The lowest BCUT2D eigenvalue weighted by atomic mass is 9.66. The molecule has 9 aromatic rings. The predicted molar refractivity (Wildman–Crippen MR) is 507 cm³/mol. The van der Waals surface area contributed by atoms with Gasteiger partial charge in [-0.1, -0.05) is 103 Å². The van der Waals surface area contributed by atoms with Gasteiger partial charge in [0.2, 0.25) is 27.2 Å². The second-order valence-electron chi connectivity index (χ2n) is 38.9. The number of phenols is 1. The van der Waals surface area contributed by atoms with Gasteiger partial charge >= 0.3 is 0 Å². The number of fused-ring (bicyclic) bond motifs is 8. The molecule has 8 aliphatic heterocycles. The number of phenolic OH excluding ortho intramolecular Hbond substituents is 1. The van der Waals surface area contributed by atoms with Crippen molar-refractivity contribution in [3.63, 3.8) is 0 Å². The minimum atomic E-state index is -1.39. The smallest absolute Gasteiger partial charge is 0.231 e. The van der Waals surface area contributed by atoms with Crippen LogP contribution >= 0.6 is 11.6 Å². The van der Waals surface area contributed by atoms with Gasteiger partial charge in [0.1, 0.15) is 84.7 Å². The molecule has 28 atom stereocenters. The van der Waals surface area contributed by atoms with Crippen LogP contribution in [0.15, 0.2) is 164 Å². The molecule has 142 heavy (non-hydrogen) atoms. The minimum Gasteiger partial charge on any atom is -0.508 e. The molecular weight excluding hydrogens is 1860 g/mol. The van der Waals surface area contributed by atoms with Crippen molar-refractivity contribution in [3.05, 3.63) is 247 Å². The molecule has 0 saturated carbocycles. The molecule has 17 N–H and O–H groups in total. The Hall–Kier alpha value is -9.69. The van der Waals surface area contributed by atoms with Crippen molar-refractivity contribution in [3.8, 4) is 68.6 Å². The molecule has 0 aromatic heterocycles. The average Bonchev–Trinajstić information content (AvgIpc) is 1.13. The fourth-order valence-electron chi connectivity index (χ4n) is 21.9. The van der Waals surface area contributed by atoms with Gasteiger partial charge in [-0.2, -0.15) is 0 Å². The highest BCUT2D eigenvalue weighted by Crippen LogP contribution is 2.54. The van der Waals surface area contributed by atoms with E-state index in [1.54, 1.807) is 6.07 Å². The topological polar surface area (TPSA) is 501 Å². The number of halogens is 1. The molecule has 4 saturated heterocycles. The third kappa shape index (κ3) is 21.8. The molecule has 9 aromatic carbocycles. The highest BCUT2D eigenvalue weighted by atomic mass is 35.5. The third-order valence-electron chi connectivity index (χ3n) is 29.6. The molecule has 21 rings (SSSR count). The van der Waals surface area contributed by atoms with E-state index in [1.807, 2.05) is 137 Å². The molecule has 35 heteroatoms. The Morgan fingerprint density at radius 1 is 0.317 bits per heavy atom. The van der Waals surface area contributed by atoms with Crippen molar-refractivity contribution < 1.29 is 167 Å². The summed E-state index contributed by atoms with van der Waals surface area (Å²) in [4.78, 5) is 0. The van der Waals surface area contributed by atoms with E-state index in [0.29, 0.717) is 76.7 Å². The summed E-state index contributed by atoms with van der Waals surface area (Å²) >= 11 is 6.53. The summed E-state index contributed by atoms with van der Waals surface area (Å²) in [7, 11) is 0. The molecule has 12 aliphatic rings. The molecule has 764 valence electrons. The first-order valence-corrected chi connectivity index (χ1v) is 48.7. The van der Waals surface area contributed by atoms with Gasteiger partial charge in [-0.15, -0.1) is 0 Å². The maximum atomic E-state index is 10.5. The highest BCUT2D eigenvalue weighted by molar-refractivity contribution is 6.31. The van der Waals surface area contributed by atoms with E-state index in [9.17, 15) is 86.8 Å². The van der Waals surface area contributed by atoms with Crippen LogP contribution in [0.25, 0.3) is 11.1 Å². The van der Waals surface area contributed by atoms with Crippen LogP contribution < -0.4 is 42.6 Å². The molecule has 4 fully saturated rings. The van der Waals surface area contributed by atoms with E-state index in [0.717, 1.165) is 94.8 Å². The Morgan fingerprint density at radius 2 is 0.634 bits per heavy atom. The van der Waals surface area contributed by atoms with Crippen LogP contribution in [0.2, 0.25) is 5.02 Å². The number of benzene rings is 9. The van der Waals surface area contributed by atoms with E-state index < -0.39 is 98.4 Å². The van der Waals surface area contributed by atoms with Crippen LogP contribution in [0.5, 0.6) is 57.5 Å². The fourth-order valence-corrected chi connectivity index (χ4v) is 22.0. The van der Waals surface area contributed by atoms with Gasteiger partial charge in [0.25, 0.3) is 0 Å². The molecule has 34 nitrogen and oxygen atoms in total. The normalized spacial score (nSPS) is 31.6. The van der Waals surface area contributed by atoms with Gasteiger partial charge in [-0.05, 0) is 263 Å². The SMILES string of the molecule is CC(C)Oc1ccc2c(c1)C(c1ccc3c(c1)OCO3)[C@H](CO[C@@H]1OC[C@@H](O)[C@H](O)[C@H]1O)[C@@H](CO)C2.Cc1cc2c(cc1Cl)C(c1ccc3c(c1)OCO3)[C@H](CO[C@@H]1OC[C@@H](O)[C@H](O)[C@H]1O)[C@@H](CO)C2.Cc1cc2c(cc1O)C[C@H](CO)[C@@H](CO[C@@H]1OC[C@@H](O)[C@H](O)[C@H]1O)C2c1ccc2c(c1)OCO2.OC[C@H]1Cc2ccc(-c3ccccc3)cc2C(c2ccc3c(c2)OCO3)[C@@H]1CO[C@@H]1OC[C@@H](O)[C@H](O)[C@H]1O. The zero-order chi connectivity index (χ0) is 99.6. The second kappa shape index (κ2) is 45.1. The first-order valence-electron chi connectivity index (χ1n) is 48.3. The summed E-state index contributed by atoms with van der Waals surface area (Å²) in [6.45, 7) is 8.26. The lowest BCUT2D eigenvalue weighted by Gasteiger charge is -2.41. The van der Waals surface area contributed by atoms with Crippen LogP contribution in [-0.4, -0.2) is 298 Å². The quantitative estimate of drug-likeness (QED) is 0.0322. The molecule has 0 bridgehead atoms. The summed E-state index contributed by atoms with van der Waals surface area (Å²) in [6, 6.07) is 53.8. The maximum absolute atomic E-state index is 10.5. The van der Waals surface area contributed by atoms with Crippen LogP contribution in [0.3, 0.4) is 0 Å². The summed E-state index contributed by atoms with van der Waals surface area (Å²) < 4.78 is 96.3. The predicted octanol–water partition coefficient (Wildman–Crippen LogP) is 6.56. The summed E-state index contributed by atoms with van der Waals surface area (Å²) in [5.41, 5.74) is 16.5. The van der Waals surface area contributed by atoms with Crippen molar-refractivity contribution in [2.24, 2.45) is 47.3 Å². The van der Waals surface area contributed by atoms with Crippen molar-refractivity contribution in [1.29, 1.82) is 0 Å². The fraction of sp³-hybridized carbons (Fsp3) is 0.495. The van der Waals surface area contributed by atoms with E-state index in [1.165, 1.54) is 0 Å². The Labute approximate surface area is 825 Å². The molecule has 0 spiro atoms. The molecule has 4 aliphatic carbocycles. The number of aliphatic hydroxyl groups is 16. The molecular formula is C107H125ClO34. The van der Waals surface area contributed by atoms with Crippen molar-refractivity contribution in [1.82, 2.24) is 0 Å². The number of hydrogen-bond acceptors (Lipinski definition) is 34. The monoisotopic (exact) mass is 1990 g/mol. The third-order valence-corrected chi connectivity index (χ3v) is 30.0. The van der Waals surface area contributed by atoms with Gasteiger partial charge in [-0.25, -0.2) is 0 Å². The molecule has 4 unspecified atom stereocenters. The van der Waals surface area contributed by atoms with Gasteiger partial charge in [0.05, 0.1) is 59.0 Å². The minimum absolute atomic E-state index is 0.0201. The lowest BCUT2D eigenvalue weighted by Crippen LogP contribution is -2.54. The Bertz CT molecular complexity index is 5630. The lowest BCUT2D eigenvalue weighted by molar-refractivity contribution is -0.274. The van der Waals surface area contributed by atoms with Crippen LogP contribution in [0.1, 0.15) is 115 Å². The molecule has 0 radical (unpaired) electrons. The first kappa shape index (κ1) is 102. The van der Waals surface area contributed by atoms with Crippen molar-refractivity contribution in [2.75, 3.05) is 106 Å². The molecule has 0 amide bonds. The summed E-state index contributed by atoms with van der Waals surface area (Å²) in [5, 5.41) is 173. The van der Waals surface area contributed by atoms with E-state index >= 15 is 0 Å².